The number of hydrogen-bond donors (Lipinski definition) is 2. The van der Waals surface area contributed by atoms with Crippen molar-refractivity contribution in [1.82, 2.24) is 0 Å². The molecule has 0 amide bonds. The Morgan fingerprint density at radius 1 is 1.11 bits per heavy atom. The molecule has 2 N–H and O–H groups in total. The van der Waals surface area contributed by atoms with E-state index in [0.717, 1.165) is 0 Å². The van der Waals surface area contributed by atoms with Crippen molar-refractivity contribution in [3.63, 3.8) is 0 Å². The van der Waals surface area contributed by atoms with Crippen molar-refractivity contribution in [2.45, 2.75) is 61.2 Å². The zero-order valence-electron chi connectivity index (χ0n) is 13.8. The lowest BCUT2D eigenvalue weighted by molar-refractivity contribution is -0.274. The smallest absolute Gasteiger partial charge is 0.430 e. The molecule has 27 heavy (non-hydrogen) atoms. The van der Waals surface area contributed by atoms with Crippen LogP contribution in [0.5, 0.6) is 0 Å². The minimum Gasteiger partial charge on any atom is -0.457 e. The summed E-state index contributed by atoms with van der Waals surface area (Å²) in [6.07, 6.45) is -12.3. The number of rotatable bonds is 4. The number of carbonyl (C=O) groups excluding carboxylic acids is 1. The summed E-state index contributed by atoms with van der Waals surface area (Å²) in [6, 6.07) is 0. The van der Waals surface area contributed by atoms with Crippen molar-refractivity contribution in [1.29, 1.82) is 0 Å². The summed E-state index contributed by atoms with van der Waals surface area (Å²) in [5.41, 5.74) is -1.75. The fraction of sp³-hybridized carbons (Fsp3) is 0.929. The highest BCUT2D eigenvalue weighted by atomic mass is 32.2. The summed E-state index contributed by atoms with van der Waals surface area (Å²) in [4.78, 5) is 12.1. The van der Waals surface area contributed by atoms with E-state index in [4.69, 9.17) is 4.55 Å². The highest BCUT2D eigenvalue weighted by molar-refractivity contribution is 7.88. The van der Waals surface area contributed by atoms with E-state index in [1.54, 1.807) is 0 Å². The van der Waals surface area contributed by atoms with Gasteiger partial charge in [0.1, 0.15) is 5.60 Å². The van der Waals surface area contributed by atoms with Crippen LogP contribution >= 0.6 is 0 Å². The first-order chi connectivity index (χ1) is 12.1. The molecule has 2 aliphatic carbocycles. The Morgan fingerprint density at radius 2 is 1.67 bits per heavy atom. The largest absolute Gasteiger partial charge is 0.457 e. The number of carbonyl (C=O) groups is 1. The normalized spacial score (nSPS) is 30.1. The molecule has 0 aliphatic heterocycles. The standard InChI is InChI=1S/C14H18F6O6S/c15-13(16,17)12(14(18,19)20,27(23,24)25)10(22)26-11-3-1-2-8(5-11)4-9(6-11)7-21/h8-9,21H,1-7H2,(H,23,24,25). The van der Waals surface area contributed by atoms with E-state index in [9.17, 15) is 44.7 Å². The van der Waals surface area contributed by atoms with Gasteiger partial charge in [0.2, 0.25) is 0 Å². The number of aliphatic hydroxyl groups is 1. The molecule has 3 unspecified atom stereocenters. The van der Waals surface area contributed by atoms with E-state index in [1.165, 1.54) is 0 Å². The molecule has 2 saturated carbocycles. The fourth-order valence-corrected chi connectivity index (χ4v) is 5.08. The summed E-state index contributed by atoms with van der Waals surface area (Å²) in [6.45, 7) is -0.405. The second-order valence-corrected chi connectivity index (χ2v) is 8.74. The molecule has 0 aromatic heterocycles. The van der Waals surface area contributed by atoms with Gasteiger partial charge in [-0.3, -0.25) is 4.55 Å². The summed E-state index contributed by atoms with van der Waals surface area (Å²) in [5, 5.41) is 9.31. The zero-order chi connectivity index (χ0) is 20.9. The van der Waals surface area contributed by atoms with Crippen LogP contribution in [0.25, 0.3) is 0 Å². The molecule has 0 heterocycles. The Balaban J connectivity index is 2.51. The monoisotopic (exact) mass is 428 g/mol. The fourth-order valence-electron chi connectivity index (χ4n) is 4.24. The summed E-state index contributed by atoms with van der Waals surface area (Å²) < 4.78 is 109. The van der Waals surface area contributed by atoms with Gasteiger partial charge in [-0.25, -0.2) is 4.79 Å². The average Bonchev–Trinajstić information content (AvgIpc) is 2.41. The lowest BCUT2D eigenvalue weighted by atomic mass is 9.65. The van der Waals surface area contributed by atoms with Gasteiger partial charge in [-0.05, 0) is 43.9 Å². The molecule has 0 radical (unpaired) electrons. The van der Waals surface area contributed by atoms with Crippen molar-refractivity contribution in [3.8, 4) is 0 Å². The molecular weight excluding hydrogens is 410 g/mol. The van der Waals surface area contributed by atoms with Gasteiger partial charge in [0.05, 0.1) is 0 Å². The first-order valence-corrected chi connectivity index (χ1v) is 9.48. The average molecular weight is 428 g/mol. The lowest BCUT2D eigenvalue weighted by Gasteiger charge is -2.48. The zero-order valence-corrected chi connectivity index (χ0v) is 14.6. The first kappa shape index (κ1) is 22.2. The number of fused-ring (bicyclic) bond motifs is 2. The number of halogens is 6. The van der Waals surface area contributed by atoms with Gasteiger partial charge in [-0.2, -0.15) is 34.8 Å². The van der Waals surface area contributed by atoms with Crippen LogP contribution in [0.2, 0.25) is 0 Å². The predicted octanol–water partition coefficient (Wildman–Crippen LogP) is 2.61. The van der Waals surface area contributed by atoms with Gasteiger partial charge < -0.3 is 9.84 Å². The Morgan fingerprint density at radius 3 is 2.11 bits per heavy atom. The third-order valence-corrected chi connectivity index (χ3v) is 6.68. The second kappa shape index (κ2) is 6.76. The third kappa shape index (κ3) is 3.65. The molecule has 0 aromatic carbocycles. The summed E-state index contributed by atoms with van der Waals surface area (Å²) in [5.74, 6) is -3.81. The van der Waals surface area contributed by atoms with Gasteiger partial charge in [-0.1, -0.05) is 6.42 Å². The molecule has 0 spiro atoms. The van der Waals surface area contributed by atoms with Crippen LogP contribution in [0.1, 0.15) is 38.5 Å². The van der Waals surface area contributed by atoms with E-state index in [2.05, 4.69) is 4.74 Å². The van der Waals surface area contributed by atoms with Gasteiger partial charge in [0, 0.05) is 6.61 Å². The SMILES string of the molecule is O=C(OC12CCCC(CC(CO)C1)C2)C(C(F)(F)F)(C(F)(F)F)S(=O)(=O)O. The second-order valence-electron chi connectivity index (χ2n) is 7.18. The van der Waals surface area contributed by atoms with E-state index in [1.807, 2.05) is 0 Å². The maximum absolute atomic E-state index is 13.2. The van der Waals surface area contributed by atoms with E-state index in [0.29, 0.717) is 19.3 Å². The minimum atomic E-state index is -7.02. The Hall–Kier alpha value is -1.08. The number of esters is 1. The molecule has 3 atom stereocenters. The number of ether oxygens (including phenoxy) is 1. The highest BCUT2D eigenvalue weighted by Gasteiger charge is 2.85. The van der Waals surface area contributed by atoms with Crippen molar-refractivity contribution < 1.29 is 54.0 Å². The quantitative estimate of drug-likeness (QED) is 0.406. The maximum atomic E-state index is 13.2. The van der Waals surface area contributed by atoms with Crippen molar-refractivity contribution in [2.75, 3.05) is 6.61 Å². The molecule has 2 bridgehead atoms. The maximum Gasteiger partial charge on any atom is 0.430 e. The van der Waals surface area contributed by atoms with Crippen LogP contribution < -0.4 is 0 Å². The molecule has 6 nitrogen and oxygen atoms in total. The Kier molecular flexibility index (Phi) is 5.56. The van der Waals surface area contributed by atoms with E-state index < -0.39 is 51.3 Å². The summed E-state index contributed by atoms with van der Waals surface area (Å²) in [7, 11) is -7.02. The Bertz CT molecular complexity index is 673. The molecular formula is C14H18F6O6S. The van der Waals surface area contributed by atoms with Gasteiger partial charge in [0.15, 0.2) is 0 Å². The number of aliphatic hydroxyl groups excluding tert-OH is 1. The third-order valence-electron chi connectivity index (χ3n) is 5.27. The van der Waals surface area contributed by atoms with Crippen LogP contribution in [-0.2, 0) is 19.6 Å². The number of alkyl halides is 6. The Labute approximate surface area is 150 Å². The van der Waals surface area contributed by atoms with Gasteiger partial charge >= 0.3 is 33.2 Å². The van der Waals surface area contributed by atoms with Gasteiger partial charge in [0.25, 0.3) is 0 Å². The topological polar surface area (TPSA) is 101 Å². The molecule has 2 aliphatic rings. The van der Waals surface area contributed by atoms with Crippen LogP contribution in [0.3, 0.4) is 0 Å². The highest BCUT2D eigenvalue weighted by Crippen LogP contribution is 2.52. The molecule has 0 saturated heterocycles. The van der Waals surface area contributed by atoms with Crippen LogP contribution in [0.15, 0.2) is 0 Å². The molecule has 0 aromatic rings. The predicted molar refractivity (Wildman–Crippen MR) is 77.0 cm³/mol. The van der Waals surface area contributed by atoms with Crippen molar-refractivity contribution in [2.24, 2.45) is 11.8 Å². The van der Waals surface area contributed by atoms with Crippen LogP contribution in [-0.4, -0.2) is 53.4 Å². The van der Waals surface area contributed by atoms with Crippen molar-refractivity contribution >= 4 is 16.1 Å². The van der Waals surface area contributed by atoms with Crippen LogP contribution in [0.4, 0.5) is 26.3 Å². The number of hydrogen-bond acceptors (Lipinski definition) is 5. The first-order valence-electron chi connectivity index (χ1n) is 8.04. The molecule has 13 heteroatoms. The molecule has 2 fully saturated rings. The van der Waals surface area contributed by atoms with Crippen molar-refractivity contribution in [3.05, 3.63) is 0 Å². The van der Waals surface area contributed by atoms with Gasteiger partial charge in [-0.15, -0.1) is 0 Å². The van der Waals surface area contributed by atoms with Crippen LogP contribution in [0, 0.1) is 11.8 Å². The van der Waals surface area contributed by atoms with E-state index in [-0.39, 0.29) is 25.2 Å². The minimum absolute atomic E-state index is 0.0352. The van der Waals surface area contributed by atoms with E-state index >= 15 is 0 Å². The molecule has 2 rings (SSSR count). The lowest BCUT2D eigenvalue weighted by Crippen LogP contribution is -2.68. The molecule has 158 valence electrons. The summed E-state index contributed by atoms with van der Waals surface area (Å²) >= 11 is 0.